The molecule has 0 saturated carbocycles. The van der Waals surface area contributed by atoms with Crippen molar-refractivity contribution in [3.63, 3.8) is 0 Å². The number of hydrogen-bond donors (Lipinski definition) is 2. The normalized spacial score (nSPS) is 14.0. The zero-order valence-corrected chi connectivity index (χ0v) is 13.4. The van der Waals surface area contributed by atoms with Gasteiger partial charge in [-0.3, -0.25) is 0 Å². The molecular weight excluding hydrogens is 286 g/mol. The minimum atomic E-state index is -1.56. The smallest absolute Gasteiger partial charge is 0.408 e. The lowest BCUT2D eigenvalue weighted by Gasteiger charge is -2.28. The highest BCUT2D eigenvalue weighted by Gasteiger charge is 2.36. The van der Waals surface area contributed by atoms with Crippen LogP contribution in [0.2, 0.25) is 0 Å². The van der Waals surface area contributed by atoms with Gasteiger partial charge in [0.05, 0.1) is 13.2 Å². The van der Waals surface area contributed by atoms with Gasteiger partial charge in [0.1, 0.15) is 5.60 Å². The van der Waals surface area contributed by atoms with E-state index in [1.54, 1.807) is 20.8 Å². The number of carbonyl (C=O) groups excluding carboxylic acids is 1. The molecule has 0 spiro atoms. The maximum absolute atomic E-state index is 11.8. The van der Waals surface area contributed by atoms with Gasteiger partial charge in [0.25, 0.3) is 0 Å². The van der Waals surface area contributed by atoms with Crippen molar-refractivity contribution >= 4 is 12.1 Å². The molecule has 1 atom stereocenters. The number of ether oxygens (including phenoxy) is 2. The van der Waals surface area contributed by atoms with E-state index in [1.165, 1.54) is 6.92 Å². The van der Waals surface area contributed by atoms with Crippen molar-refractivity contribution in [2.75, 3.05) is 6.61 Å². The first-order valence-corrected chi connectivity index (χ1v) is 6.99. The molecule has 122 valence electrons. The van der Waals surface area contributed by atoms with Crippen LogP contribution in [-0.4, -0.2) is 34.9 Å². The summed E-state index contributed by atoms with van der Waals surface area (Å²) in [6.45, 7) is 6.59. The number of carboxylic acids is 1. The lowest BCUT2D eigenvalue weighted by molar-refractivity contribution is -0.147. The fourth-order valence-electron chi connectivity index (χ4n) is 1.63. The Labute approximate surface area is 130 Å². The van der Waals surface area contributed by atoms with Gasteiger partial charge in [-0.25, -0.2) is 9.59 Å². The van der Waals surface area contributed by atoms with Crippen LogP contribution in [0.1, 0.15) is 33.3 Å². The molecule has 0 aliphatic carbocycles. The van der Waals surface area contributed by atoms with Crippen LogP contribution >= 0.6 is 0 Å². The average Bonchev–Trinajstić information content (AvgIpc) is 2.37. The number of carbonyl (C=O) groups is 2. The summed E-state index contributed by atoms with van der Waals surface area (Å²) in [5.74, 6) is -1.19. The first-order chi connectivity index (χ1) is 10.1. The van der Waals surface area contributed by atoms with Gasteiger partial charge in [-0.2, -0.15) is 0 Å². The van der Waals surface area contributed by atoms with E-state index < -0.39 is 23.2 Å². The molecule has 1 rings (SSSR count). The van der Waals surface area contributed by atoms with Crippen LogP contribution in [0.15, 0.2) is 30.3 Å². The van der Waals surface area contributed by atoms with Crippen molar-refractivity contribution in [2.45, 2.75) is 45.4 Å². The van der Waals surface area contributed by atoms with Crippen molar-refractivity contribution in [1.82, 2.24) is 5.32 Å². The summed E-state index contributed by atoms with van der Waals surface area (Å²) >= 11 is 0. The zero-order valence-electron chi connectivity index (χ0n) is 13.4. The second-order valence-corrected chi connectivity index (χ2v) is 6.24. The predicted molar refractivity (Wildman–Crippen MR) is 81.5 cm³/mol. The first kappa shape index (κ1) is 18.0. The van der Waals surface area contributed by atoms with Gasteiger partial charge in [-0.05, 0) is 33.3 Å². The third kappa shape index (κ3) is 6.13. The van der Waals surface area contributed by atoms with E-state index in [4.69, 9.17) is 9.47 Å². The number of hydrogen-bond acceptors (Lipinski definition) is 4. The summed E-state index contributed by atoms with van der Waals surface area (Å²) in [4.78, 5) is 23.2. The number of alkyl carbamates (subject to hydrolysis) is 1. The molecule has 0 saturated heterocycles. The molecule has 0 aliphatic rings. The molecule has 0 aliphatic heterocycles. The summed E-state index contributed by atoms with van der Waals surface area (Å²) in [6, 6.07) is 9.37. The van der Waals surface area contributed by atoms with Crippen LogP contribution in [0.4, 0.5) is 4.79 Å². The Morgan fingerprint density at radius 3 is 2.23 bits per heavy atom. The number of rotatable bonds is 6. The lowest BCUT2D eigenvalue weighted by Crippen LogP contribution is -2.56. The number of amides is 1. The lowest BCUT2D eigenvalue weighted by atomic mass is 10.1. The van der Waals surface area contributed by atoms with Gasteiger partial charge in [0.2, 0.25) is 0 Å². The van der Waals surface area contributed by atoms with E-state index in [0.29, 0.717) is 0 Å². The molecule has 1 aromatic rings. The molecule has 2 N–H and O–H groups in total. The summed E-state index contributed by atoms with van der Waals surface area (Å²) in [5.41, 5.74) is -1.33. The van der Waals surface area contributed by atoms with Crippen molar-refractivity contribution < 1.29 is 24.2 Å². The quantitative estimate of drug-likeness (QED) is 0.843. The highest BCUT2D eigenvalue weighted by atomic mass is 16.6. The van der Waals surface area contributed by atoms with Crippen molar-refractivity contribution in [3.8, 4) is 0 Å². The van der Waals surface area contributed by atoms with Gasteiger partial charge >= 0.3 is 12.1 Å². The van der Waals surface area contributed by atoms with Crippen molar-refractivity contribution in [2.24, 2.45) is 0 Å². The predicted octanol–water partition coefficient (Wildman–Crippen LogP) is 2.57. The molecule has 0 heterocycles. The molecule has 6 nitrogen and oxygen atoms in total. The fourth-order valence-corrected chi connectivity index (χ4v) is 1.63. The van der Waals surface area contributed by atoms with Crippen LogP contribution in [0, 0.1) is 0 Å². The maximum atomic E-state index is 11.8. The Morgan fingerprint density at radius 1 is 1.14 bits per heavy atom. The Morgan fingerprint density at radius 2 is 1.73 bits per heavy atom. The topological polar surface area (TPSA) is 84.9 Å². The fraction of sp³-hybridized carbons (Fsp3) is 0.500. The molecule has 0 bridgehead atoms. The number of nitrogens with one attached hydrogen (secondary N) is 1. The Bertz CT molecular complexity index is 509. The third-order valence-electron chi connectivity index (χ3n) is 2.75. The Hall–Kier alpha value is -2.08. The largest absolute Gasteiger partial charge is 0.479 e. The SMILES string of the molecule is CC(C)(C)OC(=O)N[C@@](C)(COCc1ccccc1)C(=O)O. The molecule has 0 aromatic heterocycles. The zero-order chi connectivity index (χ0) is 16.8. The summed E-state index contributed by atoms with van der Waals surface area (Å²) in [7, 11) is 0. The Kier molecular flexibility index (Phi) is 5.93. The molecule has 1 amide bonds. The van der Waals surface area contributed by atoms with Crippen LogP contribution < -0.4 is 5.32 Å². The van der Waals surface area contributed by atoms with E-state index >= 15 is 0 Å². The van der Waals surface area contributed by atoms with Crippen molar-refractivity contribution in [1.29, 1.82) is 0 Å². The molecule has 0 unspecified atom stereocenters. The van der Waals surface area contributed by atoms with Crippen LogP contribution in [0.25, 0.3) is 0 Å². The van der Waals surface area contributed by atoms with Crippen LogP contribution in [-0.2, 0) is 20.9 Å². The second-order valence-electron chi connectivity index (χ2n) is 6.24. The summed E-state index contributed by atoms with van der Waals surface area (Å²) in [6.07, 6.45) is -0.791. The molecule has 22 heavy (non-hydrogen) atoms. The number of aliphatic carboxylic acids is 1. The van der Waals surface area contributed by atoms with E-state index in [2.05, 4.69) is 5.32 Å². The van der Waals surface area contributed by atoms with Crippen LogP contribution in [0.5, 0.6) is 0 Å². The van der Waals surface area contributed by atoms with Gasteiger partial charge in [-0.1, -0.05) is 30.3 Å². The monoisotopic (exact) mass is 309 g/mol. The summed E-state index contributed by atoms with van der Waals surface area (Å²) < 4.78 is 10.5. The van der Waals surface area contributed by atoms with E-state index in [0.717, 1.165) is 5.56 Å². The molecule has 1 aromatic carbocycles. The van der Waals surface area contributed by atoms with Gasteiger partial charge in [0.15, 0.2) is 5.54 Å². The third-order valence-corrected chi connectivity index (χ3v) is 2.75. The molecule has 0 fully saturated rings. The standard InChI is InChI=1S/C16H23NO5/c1-15(2,3)22-14(20)17-16(4,13(18)19)11-21-10-12-8-6-5-7-9-12/h5-9H,10-11H2,1-4H3,(H,17,20)(H,18,19)/t16-/m0/s1. The molecule has 0 radical (unpaired) electrons. The highest BCUT2D eigenvalue weighted by Crippen LogP contribution is 2.12. The minimum absolute atomic E-state index is 0.170. The minimum Gasteiger partial charge on any atom is -0.479 e. The first-order valence-electron chi connectivity index (χ1n) is 6.99. The van der Waals surface area contributed by atoms with Gasteiger partial charge < -0.3 is 19.9 Å². The number of carboxylic acid groups (broad SMARTS) is 1. The van der Waals surface area contributed by atoms with E-state index in [1.807, 2.05) is 30.3 Å². The maximum Gasteiger partial charge on any atom is 0.408 e. The molecule has 6 heteroatoms. The van der Waals surface area contributed by atoms with E-state index in [9.17, 15) is 14.7 Å². The Balaban J connectivity index is 2.59. The van der Waals surface area contributed by atoms with Gasteiger partial charge in [-0.15, -0.1) is 0 Å². The second kappa shape index (κ2) is 7.26. The van der Waals surface area contributed by atoms with Gasteiger partial charge in [0, 0.05) is 0 Å². The van der Waals surface area contributed by atoms with E-state index in [-0.39, 0.29) is 13.2 Å². The van der Waals surface area contributed by atoms with Crippen LogP contribution in [0.3, 0.4) is 0 Å². The highest BCUT2D eigenvalue weighted by molar-refractivity contribution is 5.84. The van der Waals surface area contributed by atoms with Crippen molar-refractivity contribution in [3.05, 3.63) is 35.9 Å². The number of benzene rings is 1. The molecular formula is C16H23NO5. The summed E-state index contributed by atoms with van der Waals surface area (Å²) in [5, 5.41) is 11.7. The average molecular weight is 309 g/mol.